The number of nitrogens with zero attached hydrogens (tertiary/aromatic N) is 6. The predicted octanol–water partition coefficient (Wildman–Crippen LogP) is 4.52. The Morgan fingerprint density at radius 3 is 2.59 bits per heavy atom. The third kappa shape index (κ3) is 3.84. The van der Waals surface area contributed by atoms with E-state index in [1.807, 2.05) is 6.07 Å². The van der Waals surface area contributed by atoms with E-state index in [-0.39, 0.29) is 16.9 Å². The Morgan fingerprint density at radius 1 is 1.16 bits per heavy atom. The van der Waals surface area contributed by atoms with Gasteiger partial charge in [0.2, 0.25) is 0 Å². The Bertz CT molecular complexity index is 1310. The molecule has 168 valence electrons. The molecule has 4 heterocycles. The van der Waals surface area contributed by atoms with Crippen LogP contribution in [0.15, 0.2) is 24.5 Å². The van der Waals surface area contributed by atoms with Gasteiger partial charge in [-0.3, -0.25) is 4.68 Å². The molecule has 0 saturated carbocycles. The Hall–Kier alpha value is -2.65. The van der Waals surface area contributed by atoms with Gasteiger partial charge in [0.1, 0.15) is 5.52 Å². The highest BCUT2D eigenvalue weighted by molar-refractivity contribution is 7.21. The average molecular weight is 454 g/mol. The van der Waals surface area contributed by atoms with E-state index < -0.39 is 0 Å². The molecule has 0 radical (unpaired) electrons. The topological polar surface area (TPSA) is 71.8 Å². The largest absolute Gasteiger partial charge is 0.348 e. The quantitative estimate of drug-likeness (QED) is 0.492. The zero-order valence-corrected chi connectivity index (χ0v) is 20.1. The monoisotopic (exact) mass is 453 g/mol. The van der Waals surface area contributed by atoms with E-state index in [4.69, 9.17) is 9.97 Å². The molecule has 1 aliphatic heterocycles. The number of anilines is 1. The first-order valence-electron chi connectivity index (χ1n) is 10.8. The number of nitrogens with one attached hydrogen (secondary N) is 1. The van der Waals surface area contributed by atoms with Crippen molar-refractivity contribution in [2.75, 3.05) is 11.9 Å². The van der Waals surface area contributed by atoms with Crippen LogP contribution in [-0.4, -0.2) is 48.9 Å². The Labute approximate surface area is 190 Å². The van der Waals surface area contributed by atoms with Gasteiger partial charge in [0.15, 0.2) is 21.4 Å². The number of thiazole rings is 1. The minimum atomic E-state index is -0.360. The third-order valence-corrected chi connectivity index (χ3v) is 7.13. The molecule has 0 amide bonds. The summed E-state index contributed by atoms with van der Waals surface area (Å²) in [7, 11) is 3.89. The summed E-state index contributed by atoms with van der Waals surface area (Å²) in [4.78, 5) is 17.1. The van der Waals surface area contributed by atoms with Gasteiger partial charge in [-0.15, -0.1) is 0 Å². The maximum Gasteiger partial charge on any atom is 0.191 e. The zero-order valence-electron chi connectivity index (χ0n) is 19.3. The second-order valence-corrected chi connectivity index (χ2v) is 11.1. The lowest BCUT2D eigenvalue weighted by Crippen LogP contribution is -2.61. The number of halogens is 1. The van der Waals surface area contributed by atoms with E-state index in [1.165, 1.54) is 17.4 Å². The number of fused-ring (bicyclic) bond motifs is 2. The summed E-state index contributed by atoms with van der Waals surface area (Å²) in [5.74, 6) is -0.360. The van der Waals surface area contributed by atoms with Crippen molar-refractivity contribution in [2.24, 2.45) is 7.05 Å². The second kappa shape index (κ2) is 7.18. The van der Waals surface area contributed by atoms with Crippen molar-refractivity contribution in [3.63, 3.8) is 0 Å². The van der Waals surface area contributed by atoms with E-state index in [0.29, 0.717) is 28.5 Å². The molecular formula is C23H28FN7S. The number of piperidine rings is 1. The van der Waals surface area contributed by atoms with Crippen LogP contribution in [0.5, 0.6) is 0 Å². The standard InChI is InChI=1S/C23H28FN7S/c1-22(2)9-15(10-23(3,4)29-22)31(6)21-27-19-20(32-21)26-17(11-25-19)13-7-14-12-30(5)28-18(14)16(24)8-13/h7-8,11-12,15,29H,9-10H2,1-6H3. The van der Waals surface area contributed by atoms with Crippen LogP contribution in [0, 0.1) is 5.82 Å². The van der Waals surface area contributed by atoms with Gasteiger partial charge in [0, 0.05) is 48.4 Å². The molecule has 1 N–H and O–H groups in total. The average Bonchev–Trinajstić information content (AvgIpc) is 3.27. The van der Waals surface area contributed by atoms with Crippen LogP contribution in [-0.2, 0) is 7.05 Å². The first-order valence-corrected chi connectivity index (χ1v) is 11.6. The van der Waals surface area contributed by atoms with Crippen LogP contribution in [0.4, 0.5) is 9.52 Å². The molecule has 1 fully saturated rings. The van der Waals surface area contributed by atoms with Crippen LogP contribution >= 0.6 is 11.3 Å². The maximum absolute atomic E-state index is 14.6. The lowest BCUT2D eigenvalue weighted by Gasteiger charge is -2.48. The van der Waals surface area contributed by atoms with Crippen molar-refractivity contribution < 1.29 is 4.39 Å². The van der Waals surface area contributed by atoms with Crippen molar-refractivity contribution in [2.45, 2.75) is 57.7 Å². The SMILES string of the molecule is CN(c1nc2ncc(-c3cc(F)c4nn(C)cc4c3)nc2s1)C1CC(C)(C)NC(C)(C)C1. The fourth-order valence-corrected chi connectivity index (χ4v) is 5.99. The van der Waals surface area contributed by atoms with Gasteiger partial charge < -0.3 is 10.2 Å². The van der Waals surface area contributed by atoms with Gasteiger partial charge in [-0.05, 0) is 52.7 Å². The lowest BCUT2D eigenvalue weighted by molar-refractivity contribution is 0.161. The van der Waals surface area contributed by atoms with Crippen LogP contribution in [0.1, 0.15) is 40.5 Å². The van der Waals surface area contributed by atoms with E-state index in [2.05, 4.69) is 55.0 Å². The Morgan fingerprint density at radius 2 is 1.88 bits per heavy atom. The first kappa shape index (κ1) is 21.2. The molecule has 0 unspecified atom stereocenters. The predicted molar refractivity (Wildman–Crippen MR) is 128 cm³/mol. The van der Waals surface area contributed by atoms with Gasteiger partial charge in [-0.25, -0.2) is 14.4 Å². The molecule has 32 heavy (non-hydrogen) atoms. The molecule has 7 nitrogen and oxygen atoms in total. The molecule has 0 spiro atoms. The molecule has 3 aromatic heterocycles. The molecular weight excluding hydrogens is 425 g/mol. The number of aromatic nitrogens is 5. The number of rotatable bonds is 3. The Kier molecular flexibility index (Phi) is 4.76. The van der Waals surface area contributed by atoms with Crippen molar-refractivity contribution in [3.05, 3.63) is 30.3 Å². The van der Waals surface area contributed by atoms with E-state index in [1.54, 1.807) is 24.1 Å². The third-order valence-electron chi connectivity index (χ3n) is 6.10. The number of aryl methyl sites for hydroxylation is 1. The molecule has 0 atom stereocenters. The maximum atomic E-state index is 14.6. The zero-order chi connectivity index (χ0) is 22.8. The minimum absolute atomic E-state index is 0.0516. The lowest BCUT2D eigenvalue weighted by atomic mass is 9.79. The Balaban J connectivity index is 1.48. The van der Waals surface area contributed by atoms with Crippen molar-refractivity contribution in [3.8, 4) is 11.3 Å². The van der Waals surface area contributed by atoms with Crippen LogP contribution < -0.4 is 10.2 Å². The fourth-order valence-electron chi connectivity index (χ4n) is 5.06. The molecule has 5 rings (SSSR count). The fraction of sp³-hybridized carbons (Fsp3) is 0.478. The van der Waals surface area contributed by atoms with E-state index >= 15 is 0 Å². The number of benzene rings is 1. The van der Waals surface area contributed by atoms with Gasteiger partial charge in [0.25, 0.3) is 0 Å². The van der Waals surface area contributed by atoms with Crippen LogP contribution in [0.2, 0.25) is 0 Å². The molecule has 1 saturated heterocycles. The summed E-state index contributed by atoms with van der Waals surface area (Å²) in [6, 6.07) is 3.73. The molecule has 0 bridgehead atoms. The highest BCUT2D eigenvalue weighted by atomic mass is 32.1. The van der Waals surface area contributed by atoms with Crippen molar-refractivity contribution in [1.29, 1.82) is 0 Å². The normalized spacial score (nSPS) is 18.5. The second-order valence-electron chi connectivity index (χ2n) is 10.1. The van der Waals surface area contributed by atoms with Gasteiger partial charge in [0.05, 0.1) is 11.9 Å². The van der Waals surface area contributed by atoms with Gasteiger partial charge in [-0.2, -0.15) is 10.1 Å². The van der Waals surface area contributed by atoms with E-state index in [9.17, 15) is 4.39 Å². The van der Waals surface area contributed by atoms with Crippen molar-refractivity contribution in [1.82, 2.24) is 30.0 Å². The first-order chi connectivity index (χ1) is 15.0. The highest BCUT2D eigenvalue weighted by Crippen LogP contribution is 2.36. The van der Waals surface area contributed by atoms with Crippen molar-refractivity contribution >= 4 is 37.8 Å². The summed E-state index contributed by atoms with van der Waals surface area (Å²) >= 11 is 1.53. The summed E-state index contributed by atoms with van der Waals surface area (Å²) in [6.07, 6.45) is 5.52. The molecule has 0 aliphatic carbocycles. The van der Waals surface area contributed by atoms with E-state index in [0.717, 1.165) is 28.2 Å². The number of hydrogen-bond donors (Lipinski definition) is 1. The summed E-state index contributed by atoms with van der Waals surface area (Å²) in [5, 5.41) is 9.55. The van der Waals surface area contributed by atoms with Gasteiger partial charge >= 0.3 is 0 Å². The molecule has 9 heteroatoms. The molecule has 4 aromatic rings. The minimum Gasteiger partial charge on any atom is -0.348 e. The highest BCUT2D eigenvalue weighted by Gasteiger charge is 2.39. The van der Waals surface area contributed by atoms with Crippen LogP contribution in [0.3, 0.4) is 0 Å². The summed E-state index contributed by atoms with van der Waals surface area (Å²) in [5.41, 5.74) is 2.40. The smallest absolute Gasteiger partial charge is 0.191 e. The summed E-state index contributed by atoms with van der Waals surface area (Å²) < 4.78 is 16.2. The molecule has 1 aliphatic rings. The summed E-state index contributed by atoms with van der Waals surface area (Å²) in [6.45, 7) is 9.00. The van der Waals surface area contributed by atoms with Crippen LogP contribution in [0.25, 0.3) is 32.6 Å². The van der Waals surface area contributed by atoms with Gasteiger partial charge in [-0.1, -0.05) is 11.3 Å². The molecule has 1 aromatic carbocycles. The number of hydrogen-bond acceptors (Lipinski definition) is 7.